The highest BCUT2D eigenvalue weighted by Gasteiger charge is 2.16. The fourth-order valence-corrected chi connectivity index (χ4v) is 3.40. The SMILES string of the molecule is CN(C)c1nc(N)nc(COC(=O)c2ccccc2Sc2ccccc2C#N)n1. The molecule has 29 heavy (non-hydrogen) atoms. The smallest absolute Gasteiger partial charge is 0.339 e. The van der Waals surface area contributed by atoms with Gasteiger partial charge in [0, 0.05) is 23.9 Å². The van der Waals surface area contributed by atoms with Crippen molar-refractivity contribution >= 4 is 29.6 Å². The molecule has 0 radical (unpaired) electrons. The number of hydrogen-bond acceptors (Lipinski definition) is 9. The second-order valence-corrected chi connectivity index (χ2v) is 7.17. The maximum atomic E-state index is 12.7. The summed E-state index contributed by atoms with van der Waals surface area (Å²) in [5.41, 5.74) is 6.62. The Labute approximate surface area is 172 Å². The van der Waals surface area contributed by atoms with E-state index in [4.69, 9.17) is 10.5 Å². The van der Waals surface area contributed by atoms with Crippen LogP contribution in [0.3, 0.4) is 0 Å². The molecule has 1 aromatic heterocycles. The fraction of sp³-hybridized carbons (Fsp3) is 0.150. The molecule has 0 aliphatic rings. The Bertz CT molecular complexity index is 1080. The summed E-state index contributed by atoms with van der Waals surface area (Å²) in [6, 6.07) is 16.4. The molecule has 2 N–H and O–H groups in total. The number of nitrogens with zero attached hydrogens (tertiary/aromatic N) is 5. The van der Waals surface area contributed by atoms with E-state index in [9.17, 15) is 10.1 Å². The summed E-state index contributed by atoms with van der Waals surface area (Å²) in [6.45, 7) is -0.139. The molecule has 0 aliphatic heterocycles. The molecule has 0 atom stereocenters. The molecule has 2 aromatic carbocycles. The molecule has 3 aromatic rings. The average Bonchev–Trinajstić information content (AvgIpc) is 2.72. The van der Waals surface area contributed by atoms with E-state index in [0.29, 0.717) is 22.0 Å². The van der Waals surface area contributed by atoms with Crippen molar-refractivity contribution in [2.24, 2.45) is 0 Å². The maximum absolute atomic E-state index is 12.7. The summed E-state index contributed by atoms with van der Waals surface area (Å²) in [5, 5.41) is 9.28. The number of nitrogen functional groups attached to an aromatic ring is 1. The van der Waals surface area contributed by atoms with Crippen molar-refractivity contribution in [1.82, 2.24) is 15.0 Å². The third-order valence-corrected chi connectivity index (χ3v) is 4.91. The van der Waals surface area contributed by atoms with Gasteiger partial charge in [-0.05, 0) is 24.3 Å². The van der Waals surface area contributed by atoms with Gasteiger partial charge in [0.25, 0.3) is 0 Å². The van der Waals surface area contributed by atoms with Crippen molar-refractivity contribution in [2.75, 3.05) is 24.7 Å². The standard InChI is InChI=1S/C20H18N6O2S/c1-26(2)20-24-17(23-19(22)25-20)12-28-18(27)14-8-4-6-10-16(14)29-15-9-5-3-7-13(15)11-21/h3-10H,12H2,1-2H3,(H2,22,23,24,25). The highest BCUT2D eigenvalue weighted by Crippen LogP contribution is 2.32. The van der Waals surface area contributed by atoms with Gasteiger partial charge in [0.2, 0.25) is 11.9 Å². The Morgan fingerprint density at radius 2 is 1.79 bits per heavy atom. The second-order valence-electron chi connectivity index (χ2n) is 6.09. The van der Waals surface area contributed by atoms with Gasteiger partial charge in [0.1, 0.15) is 6.07 Å². The van der Waals surface area contributed by atoms with Gasteiger partial charge in [-0.25, -0.2) is 4.79 Å². The van der Waals surface area contributed by atoms with Gasteiger partial charge in [-0.2, -0.15) is 20.2 Å². The number of nitriles is 1. The molecule has 0 fully saturated rings. The Balaban J connectivity index is 1.78. The number of benzene rings is 2. The van der Waals surface area contributed by atoms with Crippen LogP contribution in [0.2, 0.25) is 0 Å². The zero-order valence-electron chi connectivity index (χ0n) is 15.9. The number of carbonyl (C=O) groups excluding carboxylic acids is 1. The minimum Gasteiger partial charge on any atom is -0.454 e. The molecular formula is C20H18N6O2S. The molecule has 9 heteroatoms. The van der Waals surface area contributed by atoms with E-state index < -0.39 is 5.97 Å². The molecular weight excluding hydrogens is 388 g/mol. The van der Waals surface area contributed by atoms with E-state index in [1.165, 1.54) is 11.8 Å². The summed E-state index contributed by atoms with van der Waals surface area (Å²) < 4.78 is 5.39. The quantitative estimate of drug-likeness (QED) is 0.616. The average molecular weight is 406 g/mol. The Morgan fingerprint density at radius 3 is 2.52 bits per heavy atom. The molecule has 146 valence electrons. The first-order valence-corrected chi connectivity index (χ1v) is 9.40. The number of hydrogen-bond donors (Lipinski definition) is 1. The van der Waals surface area contributed by atoms with Gasteiger partial charge in [0.05, 0.1) is 11.1 Å². The number of anilines is 2. The lowest BCUT2D eigenvalue weighted by molar-refractivity contribution is 0.0458. The molecule has 0 saturated carbocycles. The van der Waals surface area contributed by atoms with E-state index >= 15 is 0 Å². The van der Waals surface area contributed by atoms with Crippen LogP contribution in [0.15, 0.2) is 58.3 Å². The van der Waals surface area contributed by atoms with E-state index in [2.05, 4.69) is 21.0 Å². The highest BCUT2D eigenvalue weighted by atomic mass is 32.2. The second kappa shape index (κ2) is 9.03. The van der Waals surface area contributed by atoms with Crippen LogP contribution in [0.25, 0.3) is 0 Å². The Kier molecular flexibility index (Phi) is 6.26. The number of aromatic nitrogens is 3. The van der Waals surface area contributed by atoms with Crippen LogP contribution in [0.5, 0.6) is 0 Å². The number of rotatable bonds is 6. The normalized spacial score (nSPS) is 10.2. The summed E-state index contributed by atoms with van der Waals surface area (Å²) >= 11 is 1.33. The number of esters is 1. The first-order valence-electron chi connectivity index (χ1n) is 8.59. The van der Waals surface area contributed by atoms with Crippen molar-refractivity contribution in [2.45, 2.75) is 16.4 Å². The van der Waals surface area contributed by atoms with Crippen molar-refractivity contribution < 1.29 is 9.53 Å². The van der Waals surface area contributed by atoms with E-state index in [-0.39, 0.29) is 18.4 Å². The Morgan fingerprint density at radius 1 is 1.10 bits per heavy atom. The summed E-state index contributed by atoms with van der Waals surface area (Å²) in [4.78, 5) is 28.0. The molecule has 3 rings (SSSR count). The first-order chi connectivity index (χ1) is 14.0. The predicted molar refractivity (Wildman–Crippen MR) is 109 cm³/mol. The maximum Gasteiger partial charge on any atom is 0.339 e. The number of carbonyl (C=O) groups is 1. The zero-order valence-corrected chi connectivity index (χ0v) is 16.7. The minimum atomic E-state index is -0.520. The summed E-state index contributed by atoms with van der Waals surface area (Å²) in [6.07, 6.45) is 0. The van der Waals surface area contributed by atoms with Crippen LogP contribution >= 0.6 is 11.8 Å². The fourth-order valence-electron chi connectivity index (χ4n) is 2.39. The number of ether oxygens (including phenoxy) is 1. The first kappa shape index (κ1) is 20.1. The largest absolute Gasteiger partial charge is 0.454 e. The van der Waals surface area contributed by atoms with Crippen molar-refractivity contribution in [3.05, 3.63) is 65.5 Å². The lowest BCUT2D eigenvalue weighted by Gasteiger charge is -2.12. The third-order valence-electron chi connectivity index (χ3n) is 3.75. The predicted octanol–water partition coefficient (Wildman–Crippen LogP) is 2.90. The van der Waals surface area contributed by atoms with Gasteiger partial charge in [-0.15, -0.1) is 0 Å². The summed E-state index contributed by atoms with van der Waals surface area (Å²) in [7, 11) is 3.55. The number of nitrogens with two attached hydrogens (primary N) is 1. The highest BCUT2D eigenvalue weighted by molar-refractivity contribution is 7.99. The minimum absolute atomic E-state index is 0.0545. The Hall–Kier alpha value is -3.64. The van der Waals surface area contributed by atoms with Crippen LogP contribution < -0.4 is 10.6 Å². The van der Waals surface area contributed by atoms with Crippen molar-refractivity contribution in [3.63, 3.8) is 0 Å². The van der Waals surface area contributed by atoms with Gasteiger partial charge < -0.3 is 15.4 Å². The summed E-state index contributed by atoms with van der Waals surface area (Å²) in [5.74, 6) is 0.175. The topological polar surface area (TPSA) is 118 Å². The molecule has 0 aliphatic carbocycles. The van der Waals surface area contributed by atoms with Crippen LogP contribution in [-0.4, -0.2) is 35.0 Å². The van der Waals surface area contributed by atoms with Gasteiger partial charge in [-0.1, -0.05) is 36.0 Å². The van der Waals surface area contributed by atoms with Crippen LogP contribution in [-0.2, 0) is 11.3 Å². The lowest BCUT2D eigenvalue weighted by Crippen LogP contribution is -2.17. The monoisotopic (exact) mass is 406 g/mol. The van der Waals surface area contributed by atoms with Crippen LogP contribution in [0, 0.1) is 11.3 Å². The zero-order chi connectivity index (χ0) is 20.8. The molecule has 1 heterocycles. The molecule has 0 saturated heterocycles. The van der Waals surface area contributed by atoms with Gasteiger partial charge in [0.15, 0.2) is 12.4 Å². The van der Waals surface area contributed by atoms with Gasteiger partial charge >= 0.3 is 5.97 Å². The van der Waals surface area contributed by atoms with Crippen LogP contribution in [0.1, 0.15) is 21.7 Å². The molecule has 0 spiro atoms. The molecule has 8 nitrogen and oxygen atoms in total. The third kappa shape index (κ3) is 5.00. The van der Waals surface area contributed by atoms with Crippen LogP contribution in [0.4, 0.5) is 11.9 Å². The van der Waals surface area contributed by atoms with E-state index in [1.54, 1.807) is 49.3 Å². The van der Waals surface area contributed by atoms with Crippen molar-refractivity contribution in [3.8, 4) is 6.07 Å². The van der Waals surface area contributed by atoms with Gasteiger partial charge in [-0.3, -0.25) is 0 Å². The lowest BCUT2D eigenvalue weighted by atomic mass is 10.2. The molecule has 0 bridgehead atoms. The van der Waals surface area contributed by atoms with E-state index in [0.717, 1.165) is 4.90 Å². The molecule has 0 amide bonds. The van der Waals surface area contributed by atoms with Crippen molar-refractivity contribution in [1.29, 1.82) is 5.26 Å². The molecule has 0 unspecified atom stereocenters. The van der Waals surface area contributed by atoms with E-state index in [1.807, 2.05) is 18.2 Å².